The van der Waals surface area contributed by atoms with Crippen molar-refractivity contribution in [3.63, 3.8) is 0 Å². The molecule has 11 heteroatoms. The summed E-state index contributed by atoms with van der Waals surface area (Å²) in [6.45, 7) is 7.24. The maximum Gasteiger partial charge on any atom is 0.258 e. The van der Waals surface area contributed by atoms with E-state index in [4.69, 9.17) is 14.8 Å². The van der Waals surface area contributed by atoms with Crippen LogP contribution in [0.1, 0.15) is 46.9 Å². The Labute approximate surface area is 228 Å². The number of amides is 1. The van der Waals surface area contributed by atoms with Crippen molar-refractivity contribution in [2.24, 2.45) is 11.1 Å². The van der Waals surface area contributed by atoms with Gasteiger partial charge in [-0.25, -0.2) is 4.98 Å². The van der Waals surface area contributed by atoms with E-state index < -0.39 is 0 Å². The van der Waals surface area contributed by atoms with Gasteiger partial charge in [0, 0.05) is 64.4 Å². The van der Waals surface area contributed by atoms with Crippen molar-refractivity contribution < 1.29 is 9.53 Å². The molecule has 3 aliphatic heterocycles. The maximum absolute atomic E-state index is 14.0. The van der Waals surface area contributed by atoms with Crippen LogP contribution in [0.4, 0.5) is 11.6 Å². The fourth-order valence-corrected chi connectivity index (χ4v) is 5.83. The molecule has 2 bridgehead atoms. The van der Waals surface area contributed by atoms with Crippen molar-refractivity contribution in [2.75, 3.05) is 69.3 Å². The van der Waals surface area contributed by atoms with Crippen LogP contribution in [0.15, 0.2) is 35.5 Å². The topological polar surface area (TPSA) is 108 Å². The number of hydrogen-bond acceptors (Lipinski definition) is 9. The number of benzene rings is 1. The molecule has 11 nitrogen and oxygen atoms in total. The third-order valence-electron chi connectivity index (χ3n) is 8.05. The minimum Gasteiger partial charge on any atom is -0.491 e. The van der Waals surface area contributed by atoms with Crippen LogP contribution in [0.3, 0.4) is 0 Å². The lowest BCUT2D eigenvalue weighted by Gasteiger charge is -2.39. The molecule has 3 aromatic rings. The SMILES string of the molecule is Cc1ccc2c(c1)C(=O)N1CCCCC1c1cc3nc(N4CC(CN=O)C4)cc(n3n1)N(C)CCNCCO2. The van der Waals surface area contributed by atoms with Gasteiger partial charge in [-0.05, 0) is 38.3 Å². The first kappa shape index (κ1) is 25.5. The summed E-state index contributed by atoms with van der Waals surface area (Å²) >= 11 is 0. The smallest absolute Gasteiger partial charge is 0.258 e. The van der Waals surface area contributed by atoms with Gasteiger partial charge in [0.1, 0.15) is 24.0 Å². The van der Waals surface area contributed by atoms with E-state index in [9.17, 15) is 9.70 Å². The third kappa shape index (κ3) is 5.03. The lowest BCUT2D eigenvalue weighted by atomic mass is 9.97. The highest BCUT2D eigenvalue weighted by atomic mass is 16.5. The summed E-state index contributed by atoms with van der Waals surface area (Å²) in [4.78, 5) is 36.0. The summed E-state index contributed by atoms with van der Waals surface area (Å²) in [6, 6.07) is 9.81. The molecular formula is C28H36N8O3. The van der Waals surface area contributed by atoms with Crippen molar-refractivity contribution in [3.05, 3.63) is 52.1 Å². The van der Waals surface area contributed by atoms with Gasteiger partial charge in [0.15, 0.2) is 5.65 Å². The molecule has 1 amide bonds. The van der Waals surface area contributed by atoms with Crippen molar-refractivity contribution in [1.29, 1.82) is 0 Å². The quantitative estimate of drug-likeness (QED) is 0.513. The first-order valence-electron chi connectivity index (χ1n) is 13.9. The fraction of sp³-hybridized carbons (Fsp3) is 0.536. The number of nitroso groups, excluding NO2 is 1. The summed E-state index contributed by atoms with van der Waals surface area (Å²) in [7, 11) is 2.06. The van der Waals surface area contributed by atoms with E-state index in [0.717, 1.165) is 74.0 Å². The molecule has 6 rings (SSSR count). The average molecular weight is 533 g/mol. The van der Waals surface area contributed by atoms with Gasteiger partial charge in [0.2, 0.25) is 0 Å². The monoisotopic (exact) mass is 532 g/mol. The van der Waals surface area contributed by atoms with Crippen LogP contribution in [-0.4, -0.2) is 84.9 Å². The maximum atomic E-state index is 14.0. The number of nitrogens with one attached hydrogen (secondary N) is 1. The van der Waals surface area contributed by atoms with Gasteiger partial charge in [-0.15, -0.1) is 0 Å². The molecule has 3 aliphatic rings. The minimum absolute atomic E-state index is 0.0168. The van der Waals surface area contributed by atoms with Crippen molar-refractivity contribution in [1.82, 2.24) is 24.8 Å². The van der Waals surface area contributed by atoms with Gasteiger partial charge in [0.25, 0.3) is 5.91 Å². The van der Waals surface area contributed by atoms with Gasteiger partial charge >= 0.3 is 0 Å². The number of aromatic nitrogens is 3. The number of rotatable bonds is 3. The van der Waals surface area contributed by atoms with Gasteiger partial charge < -0.3 is 24.8 Å². The molecule has 0 saturated carbocycles. The molecule has 39 heavy (non-hydrogen) atoms. The highest BCUT2D eigenvalue weighted by Crippen LogP contribution is 2.35. The molecule has 1 N–H and O–H groups in total. The number of fused-ring (bicyclic) bond motifs is 4. The zero-order valence-electron chi connectivity index (χ0n) is 22.7. The second kappa shape index (κ2) is 10.8. The summed E-state index contributed by atoms with van der Waals surface area (Å²) in [6.07, 6.45) is 2.85. The van der Waals surface area contributed by atoms with E-state index in [1.165, 1.54) is 0 Å². The highest BCUT2D eigenvalue weighted by Gasteiger charge is 2.33. The molecule has 2 saturated heterocycles. The number of nitrogens with zero attached hydrogens (tertiary/aromatic N) is 7. The average Bonchev–Trinajstić information content (AvgIpc) is 3.35. The van der Waals surface area contributed by atoms with E-state index >= 15 is 0 Å². The number of ether oxygens (including phenoxy) is 1. The lowest BCUT2D eigenvalue weighted by Crippen LogP contribution is -2.48. The summed E-state index contributed by atoms with van der Waals surface area (Å²) in [5.74, 6) is 2.70. The normalized spacial score (nSPS) is 20.9. The van der Waals surface area contributed by atoms with Crippen LogP contribution >= 0.6 is 0 Å². The Kier molecular flexibility index (Phi) is 7.07. The molecule has 2 fully saturated rings. The predicted octanol–water partition coefficient (Wildman–Crippen LogP) is 3.03. The zero-order valence-corrected chi connectivity index (χ0v) is 22.7. The molecule has 0 spiro atoms. The number of carbonyl (C=O) groups excluding carboxylic acids is 1. The van der Waals surface area contributed by atoms with Gasteiger partial charge in [-0.1, -0.05) is 16.8 Å². The molecule has 1 unspecified atom stereocenters. The van der Waals surface area contributed by atoms with Crippen LogP contribution in [0.5, 0.6) is 5.75 Å². The number of piperidine rings is 1. The van der Waals surface area contributed by atoms with Crippen LogP contribution < -0.4 is 19.9 Å². The molecule has 1 atom stereocenters. The predicted molar refractivity (Wildman–Crippen MR) is 150 cm³/mol. The summed E-state index contributed by atoms with van der Waals surface area (Å²) in [5.41, 5.74) is 3.25. The zero-order chi connectivity index (χ0) is 26.9. The first-order valence-corrected chi connectivity index (χ1v) is 13.9. The number of likely N-dealkylation sites (N-methyl/N-ethyl adjacent to an activating group) is 1. The molecule has 1 aromatic carbocycles. The van der Waals surface area contributed by atoms with Gasteiger partial charge in [-0.3, -0.25) is 4.79 Å². The largest absolute Gasteiger partial charge is 0.491 e. The Morgan fingerprint density at radius 3 is 2.85 bits per heavy atom. The van der Waals surface area contributed by atoms with Crippen molar-refractivity contribution in [3.8, 4) is 5.75 Å². The molecule has 0 aliphatic carbocycles. The number of carbonyl (C=O) groups is 1. The van der Waals surface area contributed by atoms with Crippen molar-refractivity contribution >= 4 is 23.2 Å². The van der Waals surface area contributed by atoms with Gasteiger partial charge in [-0.2, -0.15) is 14.5 Å². The van der Waals surface area contributed by atoms with E-state index in [0.29, 0.717) is 37.6 Å². The Morgan fingerprint density at radius 2 is 2.00 bits per heavy atom. The van der Waals surface area contributed by atoms with Gasteiger partial charge in [0.05, 0.1) is 23.8 Å². The number of hydrogen-bond donors (Lipinski definition) is 1. The Morgan fingerprint density at radius 1 is 1.13 bits per heavy atom. The third-order valence-corrected chi connectivity index (χ3v) is 8.05. The fourth-order valence-electron chi connectivity index (χ4n) is 5.83. The van der Waals surface area contributed by atoms with E-state index in [1.54, 1.807) is 0 Å². The second-order valence-corrected chi connectivity index (χ2v) is 10.9. The molecule has 206 valence electrons. The van der Waals surface area contributed by atoms with Crippen LogP contribution in [0.25, 0.3) is 5.65 Å². The first-order chi connectivity index (χ1) is 19.0. The summed E-state index contributed by atoms with van der Waals surface area (Å²) < 4.78 is 8.01. The summed E-state index contributed by atoms with van der Waals surface area (Å²) in [5, 5.41) is 11.6. The van der Waals surface area contributed by atoms with E-state index in [1.807, 2.05) is 40.6 Å². The van der Waals surface area contributed by atoms with E-state index in [2.05, 4.69) is 33.4 Å². The Balaban J connectivity index is 1.41. The Bertz CT molecular complexity index is 1370. The molecule has 0 radical (unpaired) electrons. The van der Waals surface area contributed by atoms with Crippen molar-refractivity contribution in [2.45, 2.75) is 32.2 Å². The highest BCUT2D eigenvalue weighted by molar-refractivity contribution is 5.97. The second-order valence-electron chi connectivity index (χ2n) is 10.9. The minimum atomic E-state index is -0.135. The Hall–Kier alpha value is -3.73. The lowest BCUT2D eigenvalue weighted by molar-refractivity contribution is 0.0601. The number of aryl methyl sites for hydroxylation is 1. The van der Waals surface area contributed by atoms with E-state index in [-0.39, 0.29) is 17.9 Å². The standard InChI is InChI=1S/C28H36N8O3/c1-19-6-7-24-21(13-19)28(37)35-10-4-3-5-23(35)22-14-26-31-25(34-17-20(18-34)16-30-38)15-27(36(26)32-22)33(2)11-8-29-9-12-39-24/h6-7,13-15,20,23,29H,3-5,8-12,16-18H2,1-2H3. The van der Waals surface area contributed by atoms with Crippen LogP contribution in [0, 0.1) is 17.7 Å². The van der Waals surface area contributed by atoms with Crippen LogP contribution in [-0.2, 0) is 0 Å². The number of anilines is 2. The molecule has 5 heterocycles. The molecular weight excluding hydrogens is 496 g/mol. The molecule has 2 aromatic heterocycles. The van der Waals surface area contributed by atoms with Crippen LogP contribution in [0.2, 0.25) is 0 Å².